The van der Waals surface area contributed by atoms with E-state index in [0.29, 0.717) is 45.2 Å². The molecule has 0 aliphatic carbocycles. The van der Waals surface area contributed by atoms with Crippen molar-refractivity contribution in [1.82, 2.24) is 15.3 Å². The molecule has 2 heterocycles. The van der Waals surface area contributed by atoms with Crippen molar-refractivity contribution in [3.8, 4) is 11.5 Å². The summed E-state index contributed by atoms with van der Waals surface area (Å²) in [5, 5.41) is 6.61. The molecule has 0 spiro atoms. The van der Waals surface area contributed by atoms with Crippen LogP contribution in [-0.4, -0.2) is 22.9 Å². The largest absolute Gasteiger partial charge is 0.457 e. The second kappa shape index (κ2) is 8.61. The minimum atomic E-state index is -0.290. The highest BCUT2D eigenvalue weighted by Gasteiger charge is 2.11. The molecule has 0 fully saturated rings. The molecule has 1 amide bonds. The van der Waals surface area contributed by atoms with Crippen molar-refractivity contribution in [2.24, 2.45) is 0 Å². The summed E-state index contributed by atoms with van der Waals surface area (Å²) >= 11 is 12.2. The number of halogens is 2. The molecular weight excluding hydrogens is 427 g/mol. The van der Waals surface area contributed by atoms with E-state index in [1.54, 1.807) is 43.4 Å². The molecule has 0 bridgehead atoms. The zero-order valence-corrected chi connectivity index (χ0v) is 17.3. The molecule has 0 saturated carbocycles. The molecule has 2 N–H and O–H groups in total. The number of benzene rings is 2. The predicted octanol–water partition coefficient (Wildman–Crippen LogP) is 5.29. The maximum Gasteiger partial charge on any atom is 0.295 e. The highest BCUT2D eigenvalue weighted by molar-refractivity contribution is 6.42. The summed E-state index contributed by atoms with van der Waals surface area (Å²) in [7, 11) is 1.54. The Bertz CT molecular complexity index is 1230. The van der Waals surface area contributed by atoms with Gasteiger partial charge in [0.15, 0.2) is 5.58 Å². The van der Waals surface area contributed by atoms with E-state index in [1.807, 2.05) is 12.1 Å². The highest BCUT2D eigenvalue weighted by atomic mass is 35.5. The molecular formula is C21H16Cl2N4O3. The Morgan fingerprint density at radius 2 is 1.97 bits per heavy atom. The first-order valence-electron chi connectivity index (χ1n) is 8.97. The number of carbonyl (C=O) groups is 1. The van der Waals surface area contributed by atoms with Crippen LogP contribution < -0.4 is 15.4 Å². The number of carbonyl (C=O) groups excluding carboxylic acids is 1. The molecule has 0 radical (unpaired) electrons. The van der Waals surface area contributed by atoms with Gasteiger partial charge < -0.3 is 19.8 Å². The van der Waals surface area contributed by atoms with Crippen LogP contribution in [0.4, 0.5) is 6.01 Å². The Hall–Kier alpha value is -3.29. The number of nitrogens with zero attached hydrogens (tertiary/aromatic N) is 2. The van der Waals surface area contributed by atoms with E-state index in [4.69, 9.17) is 32.4 Å². The average molecular weight is 443 g/mol. The molecule has 9 heteroatoms. The van der Waals surface area contributed by atoms with E-state index in [1.165, 1.54) is 6.20 Å². The third-order valence-corrected chi connectivity index (χ3v) is 5.11. The molecule has 0 unspecified atom stereocenters. The SMILES string of the molecule is CNC(=O)c1cc(Oc2ccc3nc(NCc4cccc(Cl)c4Cl)oc3c2)ccn1. The first kappa shape index (κ1) is 20.0. The van der Waals surface area contributed by atoms with Gasteiger partial charge in [0.1, 0.15) is 22.7 Å². The van der Waals surface area contributed by atoms with Gasteiger partial charge in [-0.2, -0.15) is 4.98 Å². The minimum absolute atomic E-state index is 0.266. The summed E-state index contributed by atoms with van der Waals surface area (Å²) in [6, 6.07) is 14.3. The molecule has 30 heavy (non-hydrogen) atoms. The molecule has 4 rings (SSSR count). The van der Waals surface area contributed by atoms with Crippen LogP contribution in [0, 0.1) is 0 Å². The lowest BCUT2D eigenvalue weighted by molar-refractivity contribution is 0.0958. The third kappa shape index (κ3) is 4.32. The van der Waals surface area contributed by atoms with Gasteiger partial charge in [0.2, 0.25) is 0 Å². The molecule has 7 nitrogen and oxygen atoms in total. The molecule has 4 aromatic rings. The lowest BCUT2D eigenvalue weighted by Crippen LogP contribution is -2.18. The van der Waals surface area contributed by atoms with Gasteiger partial charge in [-0.05, 0) is 29.8 Å². The smallest absolute Gasteiger partial charge is 0.295 e. The van der Waals surface area contributed by atoms with Gasteiger partial charge in [0.05, 0.1) is 10.0 Å². The number of hydrogen-bond acceptors (Lipinski definition) is 6. The van der Waals surface area contributed by atoms with Crippen molar-refractivity contribution < 1.29 is 13.9 Å². The van der Waals surface area contributed by atoms with Crippen molar-refractivity contribution in [3.63, 3.8) is 0 Å². The topological polar surface area (TPSA) is 89.3 Å². The fourth-order valence-corrected chi connectivity index (χ4v) is 3.15. The fraction of sp³-hybridized carbons (Fsp3) is 0.0952. The fourth-order valence-electron chi connectivity index (χ4n) is 2.76. The summed E-state index contributed by atoms with van der Waals surface area (Å²) in [5.41, 5.74) is 2.32. The van der Waals surface area contributed by atoms with Crippen LogP contribution >= 0.6 is 23.2 Å². The Morgan fingerprint density at radius 1 is 1.13 bits per heavy atom. The van der Waals surface area contributed by atoms with Crippen LogP contribution in [0.2, 0.25) is 10.0 Å². The normalized spacial score (nSPS) is 10.8. The Labute approximate surface area is 182 Å². The van der Waals surface area contributed by atoms with Crippen LogP contribution in [0.15, 0.2) is 59.1 Å². The number of anilines is 1. The molecule has 0 saturated heterocycles. The first-order chi connectivity index (χ1) is 14.5. The van der Waals surface area contributed by atoms with Gasteiger partial charge in [0.25, 0.3) is 11.9 Å². The number of fused-ring (bicyclic) bond motifs is 1. The van der Waals surface area contributed by atoms with Crippen molar-refractivity contribution >= 4 is 46.2 Å². The summed E-state index contributed by atoms with van der Waals surface area (Å²) in [5.74, 6) is 0.732. The van der Waals surface area contributed by atoms with Crippen LogP contribution in [-0.2, 0) is 6.54 Å². The number of aromatic nitrogens is 2. The lowest BCUT2D eigenvalue weighted by atomic mass is 10.2. The van der Waals surface area contributed by atoms with Crippen LogP contribution in [0.3, 0.4) is 0 Å². The van der Waals surface area contributed by atoms with Crippen LogP contribution in [0.5, 0.6) is 11.5 Å². The first-order valence-corrected chi connectivity index (χ1v) is 9.72. The molecule has 2 aromatic carbocycles. The number of hydrogen-bond donors (Lipinski definition) is 2. The van der Waals surface area contributed by atoms with E-state index in [9.17, 15) is 4.79 Å². The van der Waals surface area contributed by atoms with E-state index in [2.05, 4.69) is 20.6 Å². The average Bonchev–Trinajstić information content (AvgIpc) is 3.16. The van der Waals surface area contributed by atoms with Gasteiger partial charge in [-0.1, -0.05) is 35.3 Å². The van der Waals surface area contributed by atoms with Gasteiger partial charge in [0, 0.05) is 31.9 Å². The maximum atomic E-state index is 11.7. The monoisotopic (exact) mass is 442 g/mol. The number of oxazole rings is 1. The van der Waals surface area contributed by atoms with Gasteiger partial charge in [-0.3, -0.25) is 9.78 Å². The summed E-state index contributed by atoms with van der Waals surface area (Å²) in [6.07, 6.45) is 1.51. The molecule has 2 aromatic heterocycles. The zero-order valence-electron chi connectivity index (χ0n) is 15.8. The number of rotatable bonds is 6. The maximum absolute atomic E-state index is 11.7. The quantitative estimate of drug-likeness (QED) is 0.421. The van der Waals surface area contributed by atoms with Gasteiger partial charge >= 0.3 is 0 Å². The Morgan fingerprint density at radius 3 is 2.80 bits per heavy atom. The lowest BCUT2D eigenvalue weighted by Gasteiger charge is -2.06. The van der Waals surface area contributed by atoms with Crippen molar-refractivity contribution in [1.29, 1.82) is 0 Å². The number of nitrogens with one attached hydrogen (secondary N) is 2. The summed E-state index contributed by atoms with van der Waals surface area (Å²) in [4.78, 5) is 20.1. The summed E-state index contributed by atoms with van der Waals surface area (Å²) < 4.78 is 11.6. The molecule has 0 atom stereocenters. The van der Waals surface area contributed by atoms with Gasteiger partial charge in [-0.15, -0.1) is 0 Å². The van der Waals surface area contributed by atoms with E-state index >= 15 is 0 Å². The van der Waals surface area contributed by atoms with Crippen molar-refractivity contribution in [2.75, 3.05) is 12.4 Å². The van der Waals surface area contributed by atoms with E-state index in [-0.39, 0.29) is 11.6 Å². The third-order valence-electron chi connectivity index (χ3n) is 4.25. The Kier molecular flexibility index (Phi) is 5.74. The van der Waals surface area contributed by atoms with Crippen molar-refractivity contribution in [2.45, 2.75) is 6.54 Å². The second-order valence-electron chi connectivity index (χ2n) is 6.27. The van der Waals surface area contributed by atoms with Crippen LogP contribution in [0.1, 0.15) is 16.1 Å². The van der Waals surface area contributed by atoms with E-state index in [0.717, 1.165) is 5.56 Å². The predicted molar refractivity (Wildman–Crippen MR) is 115 cm³/mol. The zero-order chi connectivity index (χ0) is 21.1. The summed E-state index contributed by atoms with van der Waals surface area (Å²) in [6.45, 7) is 0.412. The standard InChI is InChI=1S/C21H16Cl2N4O3/c1-24-20(28)17-9-14(7-8-25-17)29-13-5-6-16-18(10-13)30-21(27-16)26-11-12-3-2-4-15(22)19(12)23/h2-10H,11H2,1H3,(H,24,28)(H,26,27). The second-order valence-corrected chi connectivity index (χ2v) is 7.06. The van der Waals surface area contributed by atoms with Crippen LogP contribution in [0.25, 0.3) is 11.1 Å². The number of ether oxygens (including phenoxy) is 1. The van der Waals surface area contributed by atoms with Crippen molar-refractivity contribution in [3.05, 3.63) is 76.0 Å². The highest BCUT2D eigenvalue weighted by Crippen LogP contribution is 2.29. The van der Waals surface area contributed by atoms with E-state index < -0.39 is 0 Å². The minimum Gasteiger partial charge on any atom is -0.457 e. The van der Waals surface area contributed by atoms with Gasteiger partial charge in [-0.25, -0.2) is 0 Å². The molecule has 0 aliphatic heterocycles. The molecule has 0 aliphatic rings. The number of pyridine rings is 1. The molecule has 152 valence electrons. The Balaban J connectivity index is 1.50. The number of amides is 1.